The molecule has 0 aliphatic carbocycles. The molecule has 0 N–H and O–H groups in total. The first-order chi connectivity index (χ1) is 9.97. The van der Waals surface area contributed by atoms with Crippen molar-refractivity contribution in [1.82, 2.24) is 0 Å². The molecular formula is C15H8BrClFNO2. The molecule has 2 aromatic rings. The number of halogens is 3. The molecule has 0 unspecified atom stereocenters. The highest BCUT2D eigenvalue weighted by Crippen LogP contribution is 2.34. The Labute approximate surface area is 133 Å². The number of hydrogen-bond donors (Lipinski definition) is 0. The molecule has 0 bridgehead atoms. The number of ketones is 1. The van der Waals surface area contributed by atoms with Crippen LogP contribution in [-0.4, -0.2) is 11.7 Å². The van der Waals surface area contributed by atoms with E-state index in [0.29, 0.717) is 5.02 Å². The van der Waals surface area contributed by atoms with Crippen LogP contribution in [0.25, 0.3) is 0 Å². The molecule has 0 saturated carbocycles. The molecule has 0 radical (unpaired) electrons. The monoisotopic (exact) mass is 367 g/mol. The normalized spacial score (nSPS) is 13.8. The van der Waals surface area contributed by atoms with Crippen molar-refractivity contribution in [2.45, 2.75) is 6.54 Å². The summed E-state index contributed by atoms with van der Waals surface area (Å²) in [7, 11) is 0. The molecule has 1 heterocycles. The fraction of sp³-hybridized carbons (Fsp3) is 0.0667. The average molecular weight is 369 g/mol. The Morgan fingerprint density at radius 2 is 1.95 bits per heavy atom. The first kappa shape index (κ1) is 14.2. The molecule has 3 nitrogen and oxygen atoms in total. The largest absolute Gasteiger partial charge is 0.300 e. The number of nitrogens with zero attached hydrogens (tertiary/aromatic N) is 1. The average Bonchev–Trinajstić information content (AvgIpc) is 2.65. The van der Waals surface area contributed by atoms with Gasteiger partial charge in [0.15, 0.2) is 0 Å². The van der Waals surface area contributed by atoms with Gasteiger partial charge in [-0.2, -0.15) is 0 Å². The molecule has 1 aliphatic heterocycles. The molecule has 0 aromatic heterocycles. The Morgan fingerprint density at radius 3 is 2.67 bits per heavy atom. The fourth-order valence-corrected chi connectivity index (χ4v) is 2.82. The van der Waals surface area contributed by atoms with Crippen molar-refractivity contribution < 1.29 is 14.0 Å². The second-order valence-corrected chi connectivity index (χ2v) is 5.92. The van der Waals surface area contributed by atoms with Crippen molar-refractivity contribution in [3.05, 3.63) is 62.8 Å². The minimum Gasteiger partial charge on any atom is -0.300 e. The molecule has 0 saturated heterocycles. The lowest BCUT2D eigenvalue weighted by molar-refractivity contribution is -0.114. The van der Waals surface area contributed by atoms with E-state index >= 15 is 0 Å². The minimum absolute atomic E-state index is 0.159. The van der Waals surface area contributed by atoms with E-state index in [1.54, 1.807) is 24.3 Å². The van der Waals surface area contributed by atoms with Crippen LogP contribution < -0.4 is 4.90 Å². The Morgan fingerprint density at radius 1 is 1.19 bits per heavy atom. The highest BCUT2D eigenvalue weighted by atomic mass is 79.9. The van der Waals surface area contributed by atoms with Gasteiger partial charge in [-0.1, -0.05) is 23.7 Å². The van der Waals surface area contributed by atoms with Gasteiger partial charge in [0.05, 0.1) is 22.3 Å². The van der Waals surface area contributed by atoms with E-state index < -0.39 is 17.5 Å². The molecule has 0 fully saturated rings. The predicted molar refractivity (Wildman–Crippen MR) is 81.1 cm³/mol. The Kier molecular flexibility index (Phi) is 3.55. The van der Waals surface area contributed by atoms with Crippen molar-refractivity contribution in [3.8, 4) is 0 Å². The summed E-state index contributed by atoms with van der Waals surface area (Å²) in [5.41, 5.74) is 1.25. The van der Waals surface area contributed by atoms with E-state index in [2.05, 4.69) is 15.9 Å². The molecule has 2 aromatic carbocycles. The summed E-state index contributed by atoms with van der Waals surface area (Å²) in [6.45, 7) is 0.166. The molecule has 0 spiro atoms. The van der Waals surface area contributed by atoms with Gasteiger partial charge in [0.2, 0.25) is 0 Å². The van der Waals surface area contributed by atoms with E-state index in [-0.39, 0.29) is 22.3 Å². The lowest BCUT2D eigenvalue weighted by Gasteiger charge is -2.17. The summed E-state index contributed by atoms with van der Waals surface area (Å²) in [6, 6.07) is 9.48. The van der Waals surface area contributed by atoms with Crippen molar-refractivity contribution in [1.29, 1.82) is 0 Å². The van der Waals surface area contributed by atoms with Gasteiger partial charge in [-0.05, 0) is 45.8 Å². The number of carbonyl (C=O) groups excluding carboxylic acids is 2. The van der Waals surface area contributed by atoms with Crippen LogP contribution in [0.3, 0.4) is 0 Å². The minimum atomic E-state index is -0.664. The third kappa shape index (κ3) is 2.47. The number of fused-ring (bicyclic) bond motifs is 1. The van der Waals surface area contributed by atoms with Crippen LogP contribution in [0.5, 0.6) is 0 Å². The number of hydrogen-bond acceptors (Lipinski definition) is 2. The number of benzene rings is 2. The van der Waals surface area contributed by atoms with Gasteiger partial charge >= 0.3 is 0 Å². The zero-order valence-electron chi connectivity index (χ0n) is 10.6. The number of carbonyl (C=O) groups is 2. The van der Waals surface area contributed by atoms with Gasteiger partial charge in [-0.25, -0.2) is 4.39 Å². The summed E-state index contributed by atoms with van der Waals surface area (Å²) in [5.74, 6) is -1.82. The zero-order valence-corrected chi connectivity index (χ0v) is 12.9. The number of amides is 1. The van der Waals surface area contributed by atoms with E-state index in [1.807, 2.05) is 0 Å². The molecule has 106 valence electrons. The number of anilines is 1. The summed E-state index contributed by atoms with van der Waals surface area (Å²) in [4.78, 5) is 25.3. The quantitative estimate of drug-likeness (QED) is 0.752. The smallest absolute Gasteiger partial charge is 0.299 e. The van der Waals surface area contributed by atoms with Gasteiger partial charge in [0.25, 0.3) is 11.7 Å². The second kappa shape index (κ2) is 5.24. The zero-order chi connectivity index (χ0) is 15.1. The Hall–Kier alpha value is -1.72. The van der Waals surface area contributed by atoms with Crippen molar-refractivity contribution in [2.75, 3.05) is 4.90 Å². The highest BCUT2D eigenvalue weighted by Gasteiger charge is 2.36. The lowest BCUT2D eigenvalue weighted by atomic mass is 10.1. The van der Waals surface area contributed by atoms with Crippen LogP contribution in [0.1, 0.15) is 15.9 Å². The summed E-state index contributed by atoms with van der Waals surface area (Å²) < 4.78 is 13.8. The van der Waals surface area contributed by atoms with Gasteiger partial charge in [0.1, 0.15) is 5.82 Å². The van der Waals surface area contributed by atoms with Crippen LogP contribution in [0.2, 0.25) is 5.02 Å². The molecule has 1 amide bonds. The molecular weight excluding hydrogens is 361 g/mol. The van der Waals surface area contributed by atoms with E-state index in [4.69, 9.17) is 11.6 Å². The third-order valence-corrected chi connectivity index (χ3v) is 4.09. The summed E-state index contributed by atoms with van der Waals surface area (Å²) in [6.07, 6.45) is 0. The highest BCUT2D eigenvalue weighted by molar-refractivity contribution is 9.10. The van der Waals surface area contributed by atoms with Crippen LogP contribution in [-0.2, 0) is 11.3 Å². The van der Waals surface area contributed by atoms with Crippen LogP contribution >= 0.6 is 27.5 Å². The fourth-order valence-electron chi connectivity index (χ4n) is 2.26. The van der Waals surface area contributed by atoms with Crippen LogP contribution in [0, 0.1) is 5.82 Å². The molecule has 1 aliphatic rings. The Bertz CT molecular complexity index is 778. The topological polar surface area (TPSA) is 37.4 Å². The second-order valence-electron chi connectivity index (χ2n) is 4.63. The molecule has 21 heavy (non-hydrogen) atoms. The maximum atomic E-state index is 13.7. The van der Waals surface area contributed by atoms with Crippen LogP contribution in [0.4, 0.5) is 10.1 Å². The van der Waals surface area contributed by atoms with Crippen molar-refractivity contribution >= 4 is 44.9 Å². The first-order valence-electron chi connectivity index (χ1n) is 6.07. The van der Waals surface area contributed by atoms with Gasteiger partial charge < -0.3 is 4.90 Å². The van der Waals surface area contributed by atoms with E-state index in [9.17, 15) is 14.0 Å². The lowest BCUT2D eigenvalue weighted by Crippen LogP contribution is -2.29. The summed E-state index contributed by atoms with van der Waals surface area (Å²) in [5, 5.41) is 0.535. The maximum Gasteiger partial charge on any atom is 0.299 e. The van der Waals surface area contributed by atoms with Crippen molar-refractivity contribution in [2.24, 2.45) is 0 Å². The van der Waals surface area contributed by atoms with Gasteiger partial charge in [-0.3, -0.25) is 9.59 Å². The van der Waals surface area contributed by atoms with Crippen molar-refractivity contribution in [3.63, 3.8) is 0 Å². The third-order valence-electron chi connectivity index (χ3n) is 3.24. The predicted octanol–water partition coefficient (Wildman–Crippen LogP) is 3.97. The maximum absolute atomic E-state index is 13.7. The van der Waals surface area contributed by atoms with Gasteiger partial charge in [-0.15, -0.1) is 0 Å². The van der Waals surface area contributed by atoms with E-state index in [1.165, 1.54) is 17.0 Å². The molecule has 3 rings (SSSR count). The van der Waals surface area contributed by atoms with Gasteiger partial charge in [0, 0.05) is 5.02 Å². The first-order valence-corrected chi connectivity index (χ1v) is 7.24. The number of Topliss-reactive ketones (excluding diaryl/α,β-unsaturated/α-hetero) is 1. The molecule has 6 heteroatoms. The standard InChI is InChI=1S/C15H8BrClFNO2/c16-11-5-10-13(6-12(11)18)19(15(21)14(10)20)7-8-2-1-3-9(17)4-8/h1-6H,7H2. The van der Waals surface area contributed by atoms with Crippen LogP contribution in [0.15, 0.2) is 40.9 Å². The van der Waals surface area contributed by atoms with E-state index in [0.717, 1.165) is 5.56 Å². The number of rotatable bonds is 2. The summed E-state index contributed by atoms with van der Waals surface area (Å²) >= 11 is 8.92. The molecule has 0 atom stereocenters. The Balaban J connectivity index is 2.03. The SMILES string of the molecule is O=C1C(=O)N(Cc2cccc(Cl)c2)c2cc(F)c(Br)cc21.